The summed E-state index contributed by atoms with van der Waals surface area (Å²) in [5.74, 6) is -0.862. The van der Waals surface area contributed by atoms with Crippen molar-refractivity contribution in [2.24, 2.45) is 34.5 Å². The van der Waals surface area contributed by atoms with Crippen molar-refractivity contribution in [3.05, 3.63) is 11.6 Å². The second-order valence-corrected chi connectivity index (χ2v) is 13.3. The second kappa shape index (κ2) is 9.58. The number of ether oxygens (including phenoxy) is 3. The summed E-state index contributed by atoms with van der Waals surface area (Å²) in [7, 11) is 0. The van der Waals surface area contributed by atoms with Crippen molar-refractivity contribution in [3.8, 4) is 0 Å². The molecule has 10 nitrogen and oxygen atoms in total. The number of fused-ring (bicyclic) bond motifs is 5. The first-order valence-electron chi connectivity index (χ1n) is 14.6. The van der Waals surface area contributed by atoms with E-state index in [2.05, 4.69) is 0 Å². The highest BCUT2D eigenvalue weighted by Gasteiger charge is 2.71. The van der Waals surface area contributed by atoms with E-state index in [1.54, 1.807) is 6.92 Å². The number of cyclic esters (lactones) is 1. The van der Waals surface area contributed by atoms with Crippen LogP contribution in [0.2, 0.25) is 0 Å². The summed E-state index contributed by atoms with van der Waals surface area (Å²) in [5.41, 5.74) is -1.85. The third-order valence-electron chi connectivity index (χ3n) is 11.9. The van der Waals surface area contributed by atoms with E-state index >= 15 is 0 Å². The highest BCUT2D eigenvalue weighted by atomic mass is 16.7. The number of hydrogen-bond acceptors (Lipinski definition) is 10. The predicted octanol–water partition coefficient (Wildman–Crippen LogP) is 0.606. The van der Waals surface area contributed by atoms with Gasteiger partial charge >= 0.3 is 5.97 Å². The molecule has 0 spiro atoms. The molecule has 0 aromatic rings. The van der Waals surface area contributed by atoms with Crippen molar-refractivity contribution < 1.29 is 49.3 Å². The number of rotatable bonds is 4. The van der Waals surface area contributed by atoms with Gasteiger partial charge in [0.25, 0.3) is 0 Å². The van der Waals surface area contributed by atoms with Crippen LogP contribution in [0.1, 0.15) is 65.2 Å². The highest BCUT2D eigenvalue weighted by molar-refractivity contribution is 5.85. The number of aliphatic hydroxyl groups excluding tert-OH is 4. The van der Waals surface area contributed by atoms with E-state index in [0.717, 1.165) is 24.7 Å². The molecule has 0 aromatic heterocycles. The average molecular weight is 551 g/mol. The van der Waals surface area contributed by atoms with Crippen LogP contribution in [-0.4, -0.2) is 92.9 Å². The maximum absolute atomic E-state index is 12.9. The number of aliphatic hydroxyl groups is 5. The highest BCUT2D eigenvalue weighted by Crippen LogP contribution is 2.69. The van der Waals surface area contributed by atoms with Gasteiger partial charge < -0.3 is 44.5 Å². The Morgan fingerprint density at radius 2 is 1.77 bits per heavy atom. The summed E-state index contributed by atoms with van der Waals surface area (Å²) >= 11 is 0. The summed E-state index contributed by atoms with van der Waals surface area (Å²) in [6.07, 6.45) is 0.412. The van der Waals surface area contributed by atoms with E-state index in [0.29, 0.717) is 38.5 Å². The zero-order valence-electron chi connectivity index (χ0n) is 22.6. The first kappa shape index (κ1) is 27.8. The van der Waals surface area contributed by atoms with Crippen LogP contribution in [-0.2, 0) is 23.8 Å². The van der Waals surface area contributed by atoms with Crippen molar-refractivity contribution >= 4 is 12.3 Å². The molecule has 5 fully saturated rings. The Morgan fingerprint density at radius 1 is 1.00 bits per heavy atom. The molecule has 6 aliphatic rings. The van der Waals surface area contributed by atoms with Gasteiger partial charge in [-0.1, -0.05) is 6.92 Å². The standard InChI is InChI=1S/C29H42O10/c1-14-23(33)24(34)25(35)26(38-14)39-17-5-7-28(13-30)16(10-17)3-4-19-20(28)11-21(31)27(2)18(6-8-29(19,27)36)15-9-22(32)37-12-15/h9,13-14,16-21,23-26,31,33-36H,3-8,10-12H2,1-2H3/t14-,16-,17+,18-,19?,20?,21-,23+,24-,25-,26+,27+,28-,29+/m1/s1. The van der Waals surface area contributed by atoms with Gasteiger partial charge in [-0.05, 0) is 87.5 Å². The summed E-state index contributed by atoms with van der Waals surface area (Å²) in [6.45, 7) is 3.76. The van der Waals surface area contributed by atoms with Gasteiger partial charge in [-0.15, -0.1) is 0 Å². The van der Waals surface area contributed by atoms with Gasteiger partial charge in [-0.2, -0.15) is 0 Å². The van der Waals surface area contributed by atoms with E-state index in [4.69, 9.17) is 14.2 Å². The molecular formula is C29H42O10. The lowest BCUT2D eigenvalue weighted by Crippen LogP contribution is -2.67. The topological polar surface area (TPSA) is 163 Å². The maximum atomic E-state index is 12.9. The van der Waals surface area contributed by atoms with Gasteiger partial charge in [0.15, 0.2) is 6.29 Å². The van der Waals surface area contributed by atoms with E-state index in [1.165, 1.54) is 6.08 Å². The molecule has 0 aromatic carbocycles. The van der Waals surface area contributed by atoms with Crippen LogP contribution in [0, 0.1) is 34.5 Å². The number of hydrogen-bond donors (Lipinski definition) is 5. The molecule has 10 heteroatoms. The fourth-order valence-electron chi connectivity index (χ4n) is 9.72. The van der Waals surface area contributed by atoms with E-state index < -0.39 is 53.2 Å². The molecule has 39 heavy (non-hydrogen) atoms. The molecule has 4 aliphatic carbocycles. The van der Waals surface area contributed by atoms with Crippen LogP contribution in [0.15, 0.2) is 11.6 Å². The number of carbonyl (C=O) groups excluding carboxylic acids is 2. The molecule has 2 aliphatic heterocycles. The minimum Gasteiger partial charge on any atom is -0.458 e. The SMILES string of the molecule is C[C@H]1O[C@@H](O[C@H]2CC[C@]3(C=O)C4C[C@@H](O)[C@]5(C)[C@@H](C6=CC(=O)OC6)CC[C@]5(O)C4CC[C@@H]3C2)[C@H](O)[C@H](O)[C@H]1O. The minimum atomic E-state index is -1.38. The molecule has 1 saturated heterocycles. The lowest BCUT2D eigenvalue weighted by molar-refractivity contribution is -0.310. The molecular weight excluding hydrogens is 508 g/mol. The Kier molecular flexibility index (Phi) is 6.81. The fraction of sp³-hybridized carbons (Fsp3) is 0.862. The van der Waals surface area contributed by atoms with Crippen molar-refractivity contribution in [2.45, 2.75) is 114 Å². The molecule has 6 rings (SSSR count). The molecule has 4 saturated carbocycles. The Hall–Kier alpha value is -1.40. The second-order valence-electron chi connectivity index (χ2n) is 13.3. The molecule has 0 bridgehead atoms. The van der Waals surface area contributed by atoms with Crippen LogP contribution in [0.5, 0.6) is 0 Å². The number of esters is 1. The molecule has 0 radical (unpaired) electrons. The minimum absolute atomic E-state index is 0.00964. The first-order valence-corrected chi connectivity index (χ1v) is 14.6. The molecule has 14 atom stereocenters. The van der Waals surface area contributed by atoms with E-state index in [9.17, 15) is 35.1 Å². The Balaban J connectivity index is 1.22. The maximum Gasteiger partial charge on any atom is 0.331 e. The van der Waals surface area contributed by atoms with Gasteiger partial charge in [0, 0.05) is 16.9 Å². The first-order chi connectivity index (χ1) is 18.5. The Morgan fingerprint density at radius 3 is 2.46 bits per heavy atom. The summed E-state index contributed by atoms with van der Waals surface area (Å²) < 4.78 is 16.9. The van der Waals surface area contributed by atoms with Crippen molar-refractivity contribution in [2.75, 3.05) is 6.61 Å². The third kappa shape index (κ3) is 3.86. The quantitative estimate of drug-likeness (QED) is 0.190. The monoisotopic (exact) mass is 550 g/mol. The normalized spacial score (nSPS) is 55.2. The van der Waals surface area contributed by atoms with E-state index in [-0.39, 0.29) is 42.4 Å². The number of carbonyl (C=O) groups is 2. The zero-order valence-corrected chi connectivity index (χ0v) is 22.6. The van der Waals surface area contributed by atoms with Gasteiger partial charge in [-0.25, -0.2) is 4.79 Å². The van der Waals surface area contributed by atoms with Gasteiger partial charge in [0.05, 0.1) is 23.9 Å². The van der Waals surface area contributed by atoms with Gasteiger partial charge in [0.1, 0.15) is 31.2 Å². The van der Waals surface area contributed by atoms with Crippen LogP contribution >= 0.6 is 0 Å². The van der Waals surface area contributed by atoms with Gasteiger partial charge in [0.2, 0.25) is 0 Å². The molecule has 2 unspecified atom stereocenters. The van der Waals surface area contributed by atoms with Crippen LogP contribution < -0.4 is 0 Å². The number of aldehydes is 1. The molecule has 2 heterocycles. The summed E-state index contributed by atoms with van der Waals surface area (Å²) in [5, 5.41) is 54.6. The Bertz CT molecular complexity index is 1030. The third-order valence-corrected chi connectivity index (χ3v) is 11.9. The average Bonchev–Trinajstić information content (AvgIpc) is 3.47. The lowest BCUT2D eigenvalue weighted by atomic mass is 9.42. The zero-order chi connectivity index (χ0) is 27.9. The lowest BCUT2D eigenvalue weighted by Gasteiger charge is -2.64. The Labute approximate surface area is 228 Å². The fourth-order valence-corrected chi connectivity index (χ4v) is 9.72. The summed E-state index contributed by atoms with van der Waals surface area (Å²) in [6, 6.07) is 0. The van der Waals surface area contributed by atoms with Crippen molar-refractivity contribution in [1.29, 1.82) is 0 Å². The van der Waals surface area contributed by atoms with Gasteiger partial charge in [-0.3, -0.25) is 0 Å². The van der Waals surface area contributed by atoms with Crippen molar-refractivity contribution in [1.82, 2.24) is 0 Å². The van der Waals surface area contributed by atoms with Crippen LogP contribution in [0.4, 0.5) is 0 Å². The van der Waals surface area contributed by atoms with Crippen LogP contribution in [0.3, 0.4) is 0 Å². The molecule has 218 valence electrons. The van der Waals surface area contributed by atoms with Crippen molar-refractivity contribution in [3.63, 3.8) is 0 Å². The van der Waals surface area contributed by atoms with E-state index in [1.807, 2.05) is 6.92 Å². The molecule has 0 amide bonds. The predicted molar refractivity (Wildman–Crippen MR) is 135 cm³/mol. The summed E-state index contributed by atoms with van der Waals surface area (Å²) in [4.78, 5) is 24.7. The van der Waals surface area contributed by atoms with Crippen LogP contribution in [0.25, 0.3) is 0 Å². The largest absolute Gasteiger partial charge is 0.458 e. The smallest absolute Gasteiger partial charge is 0.331 e. The molecule has 5 N–H and O–H groups in total.